The molecule has 0 atom stereocenters. The van der Waals surface area contributed by atoms with E-state index < -0.39 is 38.3 Å². The number of benzene rings is 2. The highest BCUT2D eigenvalue weighted by Crippen LogP contribution is 2.33. The number of rotatable bonds is 7. The molecule has 0 saturated heterocycles. The summed E-state index contributed by atoms with van der Waals surface area (Å²) >= 11 is 0. The number of aromatic amines is 1. The number of carbonyl (C=O) groups is 1. The van der Waals surface area contributed by atoms with Crippen molar-refractivity contribution in [1.29, 1.82) is 0 Å². The van der Waals surface area contributed by atoms with Crippen molar-refractivity contribution >= 4 is 21.4 Å². The summed E-state index contributed by atoms with van der Waals surface area (Å²) in [5, 5.41) is 3.27. The molecule has 1 N–H and O–H groups in total. The number of halogens is 3. The van der Waals surface area contributed by atoms with E-state index in [0.717, 1.165) is 17.0 Å². The van der Waals surface area contributed by atoms with Crippen LogP contribution in [0.2, 0.25) is 0 Å². The Morgan fingerprint density at radius 1 is 1.05 bits per heavy atom. The van der Waals surface area contributed by atoms with Crippen molar-refractivity contribution < 1.29 is 30.9 Å². The Kier molecular flexibility index (Phi) is 7.99. The average Bonchev–Trinajstić information content (AvgIpc) is 3.24. The highest BCUT2D eigenvalue weighted by Gasteiger charge is 2.32. The molecule has 216 valence electrons. The normalized spacial score (nSPS) is 12.1. The van der Waals surface area contributed by atoms with Gasteiger partial charge in [-0.1, -0.05) is 23.4 Å². The number of aromatic nitrogens is 2. The molecule has 0 aliphatic rings. The van der Waals surface area contributed by atoms with E-state index in [9.17, 15) is 31.2 Å². The predicted molar refractivity (Wildman–Crippen MR) is 147 cm³/mol. The van der Waals surface area contributed by atoms with Gasteiger partial charge in [-0.15, -0.1) is 0 Å². The van der Waals surface area contributed by atoms with Crippen molar-refractivity contribution in [1.82, 2.24) is 10.1 Å². The largest absolute Gasteiger partial charge is 0.416 e. The summed E-state index contributed by atoms with van der Waals surface area (Å²) in [4.78, 5) is 30.7. The lowest BCUT2D eigenvalue weighted by molar-refractivity contribution is -0.137. The van der Waals surface area contributed by atoms with Gasteiger partial charge in [0.15, 0.2) is 9.84 Å². The van der Waals surface area contributed by atoms with Gasteiger partial charge in [-0.2, -0.15) is 13.2 Å². The third-order valence-electron chi connectivity index (χ3n) is 6.71. The lowest BCUT2D eigenvalue weighted by atomic mass is 10.0. The molecular formula is C29H28F3N3O5S. The van der Waals surface area contributed by atoms with Gasteiger partial charge < -0.3 is 14.4 Å². The molecule has 0 spiro atoms. The number of hydrogen-bond donors (Lipinski definition) is 1. The van der Waals surface area contributed by atoms with E-state index in [-0.39, 0.29) is 22.7 Å². The first-order valence-corrected chi connectivity index (χ1v) is 14.1. The fourth-order valence-electron chi connectivity index (χ4n) is 4.42. The highest BCUT2D eigenvalue weighted by molar-refractivity contribution is 7.92. The molecule has 0 saturated carbocycles. The van der Waals surface area contributed by atoms with Gasteiger partial charge in [0.2, 0.25) is 0 Å². The quantitative estimate of drug-likeness (QED) is 0.284. The van der Waals surface area contributed by atoms with Gasteiger partial charge in [0.05, 0.1) is 27.9 Å². The molecule has 0 bridgehead atoms. The van der Waals surface area contributed by atoms with E-state index in [4.69, 9.17) is 4.52 Å². The second-order valence-electron chi connectivity index (χ2n) is 9.93. The van der Waals surface area contributed by atoms with Crippen LogP contribution in [0, 0.1) is 20.8 Å². The summed E-state index contributed by atoms with van der Waals surface area (Å²) in [6.45, 7) is 7.89. The molecule has 4 aromatic rings. The van der Waals surface area contributed by atoms with Crippen molar-refractivity contribution in [2.45, 2.75) is 57.5 Å². The minimum absolute atomic E-state index is 0.0762. The molecule has 12 heteroatoms. The minimum atomic E-state index is -4.67. The second kappa shape index (κ2) is 11.0. The second-order valence-corrected chi connectivity index (χ2v) is 12.4. The van der Waals surface area contributed by atoms with Crippen molar-refractivity contribution in [3.05, 3.63) is 98.8 Å². The summed E-state index contributed by atoms with van der Waals surface area (Å²) in [7, 11) is -3.56. The van der Waals surface area contributed by atoms with Crippen molar-refractivity contribution in [2.24, 2.45) is 0 Å². The molecule has 0 unspecified atom stereocenters. The van der Waals surface area contributed by atoms with Crippen LogP contribution in [-0.4, -0.2) is 29.7 Å². The Morgan fingerprint density at radius 2 is 1.71 bits per heavy atom. The lowest BCUT2D eigenvalue weighted by Gasteiger charge is -2.24. The average molecular weight is 588 g/mol. The number of anilines is 1. The molecule has 2 heterocycles. The van der Waals surface area contributed by atoms with Gasteiger partial charge in [-0.3, -0.25) is 9.59 Å². The van der Waals surface area contributed by atoms with E-state index in [1.54, 1.807) is 34.6 Å². The van der Waals surface area contributed by atoms with Gasteiger partial charge in [-0.05, 0) is 76.6 Å². The van der Waals surface area contributed by atoms with Crippen LogP contribution in [0.1, 0.15) is 52.5 Å². The monoisotopic (exact) mass is 587 g/mol. The third kappa shape index (κ3) is 5.97. The first-order valence-electron chi connectivity index (χ1n) is 12.6. The van der Waals surface area contributed by atoms with E-state index in [2.05, 4.69) is 10.1 Å². The predicted octanol–water partition coefficient (Wildman–Crippen LogP) is 6.00. The standard InChI is InChI=1S/C29H28F3N3O5S/c1-16(2)41(38,39)23-11-9-20(10-12-23)15-35(22-8-6-7-21(13-22)29(30,31)32)28(37)25-14-24(17(3)33-27(25)36)26-18(4)34-40-19(26)5/h6-14,16H,15H2,1-5H3,(H,33,36). The van der Waals surface area contributed by atoms with Crippen molar-refractivity contribution in [3.63, 3.8) is 0 Å². The van der Waals surface area contributed by atoms with Crippen LogP contribution < -0.4 is 10.5 Å². The first-order chi connectivity index (χ1) is 19.1. The van der Waals surface area contributed by atoms with Gasteiger partial charge in [0.1, 0.15) is 11.3 Å². The fraction of sp³-hybridized carbons (Fsp3) is 0.276. The zero-order chi connectivity index (χ0) is 30.3. The highest BCUT2D eigenvalue weighted by atomic mass is 32.2. The Labute approximate surface area is 234 Å². The topological polar surface area (TPSA) is 113 Å². The number of H-pyrrole nitrogens is 1. The molecular weight excluding hydrogens is 559 g/mol. The zero-order valence-corrected chi connectivity index (χ0v) is 23.8. The molecule has 41 heavy (non-hydrogen) atoms. The van der Waals surface area contributed by atoms with Crippen LogP contribution in [0.4, 0.5) is 18.9 Å². The van der Waals surface area contributed by atoms with Gasteiger partial charge in [0.25, 0.3) is 11.5 Å². The number of carbonyl (C=O) groups excluding carboxylic acids is 1. The Hall–Kier alpha value is -4.19. The maximum absolute atomic E-state index is 13.9. The Morgan fingerprint density at radius 3 is 2.27 bits per heavy atom. The molecule has 4 rings (SSSR count). The summed E-state index contributed by atoms with van der Waals surface area (Å²) in [5.74, 6) is -0.389. The van der Waals surface area contributed by atoms with Crippen LogP contribution in [0.3, 0.4) is 0 Å². The minimum Gasteiger partial charge on any atom is -0.361 e. The molecule has 2 aromatic carbocycles. The molecule has 1 amide bonds. The van der Waals surface area contributed by atoms with E-state index in [0.29, 0.717) is 33.8 Å². The molecule has 2 aromatic heterocycles. The van der Waals surface area contributed by atoms with Gasteiger partial charge >= 0.3 is 6.18 Å². The summed E-state index contributed by atoms with van der Waals surface area (Å²) in [6.07, 6.45) is -4.67. The third-order valence-corrected chi connectivity index (χ3v) is 8.89. The lowest BCUT2D eigenvalue weighted by Crippen LogP contribution is -2.35. The van der Waals surface area contributed by atoms with Gasteiger partial charge in [0, 0.05) is 22.5 Å². The number of aryl methyl sites for hydroxylation is 3. The number of hydrogen-bond acceptors (Lipinski definition) is 6. The fourth-order valence-corrected chi connectivity index (χ4v) is 5.48. The number of amides is 1. The summed E-state index contributed by atoms with van der Waals surface area (Å²) in [6, 6.07) is 11.3. The number of nitrogens with one attached hydrogen (secondary N) is 1. The summed E-state index contributed by atoms with van der Waals surface area (Å²) < 4.78 is 71.0. The smallest absolute Gasteiger partial charge is 0.361 e. The maximum Gasteiger partial charge on any atom is 0.416 e. The van der Waals surface area contributed by atoms with Crippen LogP contribution in [0.5, 0.6) is 0 Å². The maximum atomic E-state index is 13.9. The van der Waals surface area contributed by atoms with Crippen LogP contribution >= 0.6 is 0 Å². The Bertz CT molecular complexity index is 1750. The van der Waals surface area contributed by atoms with Crippen LogP contribution in [-0.2, 0) is 22.6 Å². The zero-order valence-electron chi connectivity index (χ0n) is 23.0. The molecule has 0 aliphatic carbocycles. The molecule has 0 radical (unpaired) electrons. The van der Waals surface area contributed by atoms with Crippen LogP contribution in [0.25, 0.3) is 11.1 Å². The van der Waals surface area contributed by atoms with E-state index in [1.165, 1.54) is 42.5 Å². The molecule has 8 nitrogen and oxygen atoms in total. The SMILES string of the molecule is Cc1noc(C)c1-c1cc(C(=O)N(Cc2ccc(S(=O)(=O)C(C)C)cc2)c2cccc(C(F)(F)F)c2)c(=O)[nH]c1C. The van der Waals surface area contributed by atoms with Crippen LogP contribution in [0.15, 0.2) is 68.8 Å². The molecule has 0 aliphatic heterocycles. The number of sulfone groups is 1. The first kappa shape index (κ1) is 29.8. The molecule has 0 fully saturated rings. The number of pyridine rings is 1. The number of nitrogens with zero attached hydrogens (tertiary/aromatic N) is 2. The van der Waals surface area contributed by atoms with E-state index in [1.807, 2.05) is 0 Å². The van der Waals surface area contributed by atoms with Crippen molar-refractivity contribution in [3.8, 4) is 11.1 Å². The van der Waals surface area contributed by atoms with Crippen molar-refractivity contribution in [2.75, 3.05) is 4.90 Å². The summed E-state index contributed by atoms with van der Waals surface area (Å²) in [5.41, 5.74) is 0.392. The van der Waals surface area contributed by atoms with E-state index >= 15 is 0 Å². The Balaban J connectivity index is 1.83. The number of alkyl halides is 3. The van der Waals surface area contributed by atoms with Gasteiger partial charge in [-0.25, -0.2) is 8.42 Å².